The Morgan fingerprint density at radius 3 is 2.05 bits per heavy atom. The van der Waals surface area contributed by atoms with Crippen LogP contribution in [0.1, 0.15) is 41.5 Å². The van der Waals surface area contributed by atoms with E-state index >= 15 is 0 Å². The molecule has 0 amide bonds. The second-order valence-electron chi connectivity index (χ2n) is 10.0. The van der Waals surface area contributed by atoms with Crippen molar-refractivity contribution in [1.82, 2.24) is 4.90 Å². The van der Waals surface area contributed by atoms with Crippen LogP contribution in [0.3, 0.4) is 0 Å². The highest BCUT2D eigenvalue weighted by Crippen LogP contribution is 2.30. The number of rotatable bonds is 15. The van der Waals surface area contributed by atoms with Crippen molar-refractivity contribution in [3.63, 3.8) is 0 Å². The van der Waals surface area contributed by atoms with Gasteiger partial charge in [0.1, 0.15) is 11.5 Å². The van der Waals surface area contributed by atoms with Gasteiger partial charge in [0.15, 0.2) is 11.5 Å². The van der Waals surface area contributed by atoms with Crippen LogP contribution in [0.25, 0.3) is 0 Å². The molecule has 208 valence electrons. The van der Waals surface area contributed by atoms with Gasteiger partial charge in [0, 0.05) is 32.0 Å². The third kappa shape index (κ3) is 8.45. The summed E-state index contributed by atoms with van der Waals surface area (Å²) >= 11 is 0. The summed E-state index contributed by atoms with van der Waals surface area (Å²) in [6, 6.07) is 35.4. The predicted octanol–water partition coefficient (Wildman–Crippen LogP) is 6.94. The highest BCUT2D eigenvalue weighted by molar-refractivity contribution is 5.78. The first-order valence-corrected chi connectivity index (χ1v) is 13.8. The summed E-state index contributed by atoms with van der Waals surface area (Å²) in [5.41, 5.74) is 4.73. The Labute approximate surface area is 238 Å². The maximum absolute atomic E-state index is 11.5. The van der Waals surface area contributed by atoms with E-state index in [4.69, 9.17) is 14.2 Å². The second-order valence-corrected chi connectivity index (χ2v) is 10.0. The topological polar surface area (TPSA) is 48.0 Å². The molecular formula is C35H39NO4. The zero-order valence-corrected chi connectivity index (χ0v) is 23.7. The predicted molar refractivity (Wildman–Crippen MR) is 160 cm³/mol. The minimum Gasteiger partial charge on any atom is -0.494 e. The van der Waals surface area contributed by atoms with Crippen LogP contribution < -0.4 is 14.2 Å². The molecule has 4 aromatic carbocycles. The Morgan fingerprint density at radius 1 is 0.750 bits per heavy atom. The highest BCUT2D eigenvalue weighted by Gasteiger charge is 2.19. The van der Waals surface area contributed by atoms with Crippen molar-refractivity contribution in [3.05, 3.63) is 125 Å². The fraction of sp³-hybridized carbons (Fsp3) is 0.286. The zero-order valence-electron chi connectivity index (χ0n) is 23.7. The second kappa shape index (κ2) is 14.9. The molecule has 4 rings (SSSR count). The molecule has 0 heterocycles. The maximum atomic E-state index is 11.5. The summed E-state index contributed by atoms with van der Waals surface area (Å²) in [6.45, 7) is 4.69. The van der Waals surface area contributed by atoms with Crippen molar-refractivity contribution in [3.8, 4) is 17.2 Å². The number of carbonyl (C=O) groups excluding carboxylic acids is 1. The number of hydrogen-bond acceptors (Lipinski definition) is 5. The molecule has 0 spiro atoms. The number of hydrogen-bond donors (Lipinski definition) is 0. The summed E-state index contributed by atoms with van der Waals surface area (Å²) in [7, 11) is 3.33. The van der Waals surface area contributed by atoms with E-state index in [0.717, 1.165) is 54.4 Å². The van der Waals surface area contributed by atoms with Crippen LogP contribution in [-0.4, -0.2) is 44.6 Å². The molecule has 0 saturated heterocycles. The first-order valence-electron chi connectivity index (χ1n) is 13.8. The lowest BCUT2D eigenvalue weighted by atomic mass is 9.90. The van der Waals surface area contributed by atoms with E-state index in [1.165, 1.54) is 11.1 Å². The van der Waals surface area contributed by atoms with Gasteiger partial charge >= 0.3 is 0 Å². The lowest BCUT2D eigenvalue weighted by Gasteiger charge is -2.29. The van der Waals surface area contributed by atoms with Gasteiger partial charge in [0.05, 0.1) is 20.8 Å². The number of methoxy groups -OCH3 is 2. The van der Waals surface area contributed by atoms with Crippen molar-refractivity contribution in [1.29, 1.82) is 0 Å². The third-order valence-corrected chi connectivity index (χ3v) is 6.94. The lowest BCUT2D eigenvalue weighted by Crippen LogP contribution is -2.30. The maximum Gasteiger partial charge on any atom is 0.161 e. The smallest absolute Gasteiger partial charge is 0.161 e. The Balaban J connectivity index is 1.51. The lowest BCUT2D eigenvalue weighted by molar-refractivity contribution is -0.116. The van der Waals surface area contributed by atoms with Gasteiger partial charge in [-0.2, -0.15) is 0 Å². The molecule has 0 aliphatic carbocycles. The van der Waals surface area contributed by atoms with Crippen molar-refractivity contribution in [2.24, 2.45) is 0 Å². The summed E-state index contributed by atoms with van der Waals surface area (Å²) in [4.78, 5) is 14.0. The standard InChI is InChI=1S/C35H39NO4/c1-27(37)22-28-12-10-17-32(23-28)40-21-11-20-36(25-29-18-19-34(38-2)35(24-29)39-3)26-33(30-13-6-4-7-14-30)31-15-8-5-9-16-31/h4-10,12-19,23-24,33H,11,20-22,25-26H2,1-3H3. The molecule has 0 radical (unpaired) electrons. The van der Waals surface area contributed by atoms with Crippen LogP contribution in [0.4, 0.5) is 0 Å². The molecule has 0 N–H and O–H groups in total. The molecule has 40 heavy (non-hydrogen) atoms. The van der Waals surface area contributed by atoms with E-state index in [1.54, 1.807) is 21.1 Å². The van der Waals surface area contributed by atoms with E-state index in [-0.39, 0.29) is 11.7 Å². The molecule has 0 bridgehead atoms. The fourth-order valence-electron chi connectivity index (χ4n) is 5.02. The minimum atomic E-state index is 0.148. The minimum absolute atomic E-state index is 0.148. The van der Waals surface area contributed by atoms with E-state index in [0.29, 0.717) is 13.0 Å². The first-order chi connectivity index (χ1) is 19.6. The summed E-state index contributed by atoms with van der Waals surface area (Å²) < 4.78 is 17.1. The molecule has 4 aromatic rings. The molecular weight excluding hydrogens is 498 g/mol. The van der Waals surface area contributed by atoms with Gasteiger partial charge in [-0.3, -0.25) is 9.69 Å². The van der Waals surface area contributed by atoms with Crippen molar-refractivity contribution < 1.29 is 19.0 Å². The Bertz CT molecular complexity index is 1300. The third-order valence-electron chi connectivity index (χ3n) is 6.94. The molecule has 5 nitrogen and oxygen atoms in total. The monoisotopic (exact) mass is 537 g/mol. The van der Waals surface area contributed by atoms with E-state index in [2.05, 4.69) is 77.7 Å². The van der Waals surface area contributed by atoms with Gasteiger partial charge in [0.2, 0.25) is 0 Å². The molecule has 0 aliphatic rings. The first kappa shape index (κ1) is 28.9. The quantitative estimate of drug-likeness (QED) is 0.154. The molecule has 0 saturated carbocycles. The largest absolute Gasteiger partial charge is 0.494 e. The average molecular weight is 538 g/mol. The Hall–Kier alpha value is -4.09. The average Bonchev–Trinajstić information content (AvgIpc) is 2.98. The van der Waals surface area contributed by atoms with Gasteiger partial charge < -0.3 is 14.2 Å². The van der Waals surface area contributed by atoms with Crippen molar-refractivity contribution in [2.45, 2.75) is 32.2 Å². The summed E-state index contributed by atoms with van der Waals surface area (Å²) in [5, 5.41) is 0. The van der Waals surface area contributed by atoms with Gasteiger partial charge in [-0.15, -0.1) is 0 Å². The van der Waals surface area contributed by atoms with E-state index in [1.807, 2.05) is 30.3 Å². The normalized spacial score (nSPS) is 11.0. The number of ketones is 1. The highest BCUT2D eigenvalue weighted by atomic mass is 16.5. The summed E-state index contributed by atoms with van der Waals surface area (Å²) in [6.07, 6.45) is 1.29. The van der Waals surface area contributed by atoms with Gasteiger partial charge in [-0.25, -0.2) is 0 Å². The van der Waals surface area contributed by atoms with Crippen molar-refractivity contribution in [2.75, 3.05) is 33.9 Å². The molecule has 0 aliphatic heterocycles. The van der Waals surface area contributed by atoms with Crippen LogP contribution in [0, 0.1) is 0 Å². The molecule has 0 aromatic heterocycles. The summed E-state index contributed by atoms with van der Waals surface area (Å²) in [5.74, 6) is 2.64. The molecule has 5 heteroatoms. The molecule has 0 fully saturated rings. The van der Waals surface area contributed by atoms with Crippen LogP contribution >= 0.6 is 0 Å². The zero-order chi connectivity index (χ0) is 28.2. The van der Waals surface area contributed by atoms with Gasteiger partial charge in [-0.05, 0) is 59.9 Å². The van der Waals surface area contributed by atoms with Gasteiger partial charge in [-0.1, -0.05) is 78.9 Å². The number of nitrogens with zero attached hydrogens (tertiary/aromatic N) is 1. The van der Waals surface area contributed by atoms with E-state index in [9.17, 15) is 4.79 Å². The number of carbonyl (C=O) groups is 1. The van der Waals surface area contributed by atoms with Gasteiger partial charge in [0.25, 0.3) is 0 Å². The van der Waals surface area contributed by atoms with Crippen LogP contribution in [0.2, 0.25) is 0 Å². The van der Waals surface area contributed by atoms with Crippen molar-refractivity contribution >= 4 is 5.78 Å². The SMILES string of the molecule is COc1ccc(CN(CCCOc2cccc(CC(C)=O)c2)CC(c2ccccc2)c2ccccc2)cc1OC. The van der Waals surface area contributed by atoms with E-state index < -0.39 is 0 Å². The molecule has 0 atom stereocenters. The number of Topliss-reactive ketones (excluding diaryl/α,β-unsaturated/α-hetero) is 1. The Morgan fingerprint density at radius 2 is 1.43 bits per heavy atom. The Kier molecular flexibility index (Phi) is 10.8. The van der Waals surface area contributed by atoms with Crippen LogP contribution in [0.15, 0.2) is 103 Å². The number of benzene rings is 4. The van der Waals surface area contributed by atoms with Crippen LogP contribution in [-0.2, 0) is 17.8 Å². The number of ether oxygens (including phenoxy) is 3. The fourth-order valence-corrected chi connectivity index (χ4v) is 5.02. The molecule has 0 unspecified atom stereocenters. The van der Waals surface area contributed by atoms with Crippen LogP contribution in [0.5, 0.6) is 17.2 Å².